The Kier molecular flexibility index (Phi) is 8.08. The Morgan fingerprint density at radius 2 is 1.44 bits per heavy atom. The van der Waals surface area contributed by atoms with Crippen molar-refractivity contribution in [3.63, 3.8) is 0 Å². The molecule has 0 radical (unpaired) electrons. The monoisotopic (exact) mass is 190 g/mol. The Morgan fingerprint density at radius 1 is 1.33 bits per heavy atom. The second-order valence-corrected chi connectivity index (χ2v) is 0.803. The predicted octanol–water partition coefficient (Wildman–Crippen LogP) is -0.194. The third-order valence-corrected chi connectivity index (χ3v) is 0.243. The van der Waals surface area contributed by atoms with Gasteiger partial charge in [0, 0.05) is 16.5 Å². The van der Waals surface area contributed by atoms with E-state index in [0.29, 0.717) is 0 Å². The van der Waals surface area contributed by atoms with Crippen LogP contribution in [0.3, 0.4) is 0 Å². The summed E-state index contributed by atoms with van der Waals surface area (Å²) in [5, 5.41) is 7.12. The molecular weight excluding hydrogens is 188 g/mol. The molecule has 0 unspecified atom stereocenters. The van der Waals surface area contributed by atoms with Crippen LogP contribution in [0.4, 0.5) is 13.2 Å². The quantitative estimate of drug-likeness (QED) is 0.538. The molecule has 0 aromatic heterocycles. The maximum atomic E-state index is 10.6. The summed E-state index contributed by atoms with van der Waals surface area (Å²) in [5.41, 5.74) is 0. The number of hydrogen-bond acceptors (Lipinski definition) is 1. The molecule has 0 saturated heterocycles. The van der Waals surface area contributed by atoms with Crippen LogP contribution in [-0.2, 0) is 21.3 Å². The van der Waals surface area contributed by atoms with Gasteiger partial charge in [-0.3, -0.25) is 0 Å². The fourth-order valence-corrected chi connectivity index (χ4v) is 0. The Hall–Kier alpha value is -0.286. The molecule has 0 aliphatic carbocycles. The van der Waals surface area contributed by atoms with Crippen LogP contribution < -0.4 is 0 Å². The molecule has 0 amide bonds. The van der Waals surface area contributed by atoms with E-state index >= 15 is 0 Å². The number of aliphatic carboxylic acids is 1. The van der Waals surface area contributed by atoms with Crippen LogP contribution in [0.2, 0.25) is 0 Å². The third-order valence-electron chi connectivity index (χ3n) is 0.243. The van der Waals surface area contributed by atoms with Gasteiger partial charge in [0.05, 0.1) is 0 Å². The van der Waals surface area contributed by atoms with E-state index in [1.807, 2.05) is 0 Å². The van der Waals surface area contributed by atoms with Crippen molar-refractivity contribution in [1.29, 1.82) is 0 Å². The molecule has 0 aliphatic rings. The Morgan fingerprint density at radius 3 is 1.44 bits per heavy atom. The number of halogens is 3. The normalized spacial score (nSPS) is 8.78. The van der Waals surface area contributed by atoms with Crippen LogP contribution in [-0.4, -0.2) is 22.7 Å². The van der Waals surface area contributed by atoms with Gasteiger partial charge in [-0.15, -0.1) is 0 Å². The molecule has 60 valence electrons. The van der Waals surface area contributed by atoms with E-state index in [0.717, 1.165) is 0 Å². The molecule has 3 N–H and O–H groups in total. The molecule has 0 bridgehead atoms. The molecule has 0 atom stereocenters. The van der Waals surface area contributed by atoms with Gasteiger partial charge in [0.2, 0.25) is 0 Å². The van der Waals surface area contributed by atoms with E-state index in [1.165, 1.54) is 0 Å². The maximum Gasteiger partial charge on any atom is 0.490 e. The van der Waals surface area contributed by atoms with Crippen LogP contribution in [0.5, 0.6) is 0 Å². The summed E-state index contributed by atoms with van der Waals surface area (Å²) >= 11 is 0. The molecule has 0 heterocycles. The maximum absolute atomic E-state index is 10.6. The van der Waals surface area contributed by atoms with E-state index in [2.05, 4.69) is 0 Å². The first-order valence-electron chi connectivity index (χ1n) is 1.24. The molecular formula is C2H3F3NiO3. The molecule has 0 fully saturated rings. The van der Waals surface area contributed by atoms with Crippen LogP contribution in [0, 0.1) is 0 Å². The molecule has 0 saturated carbocycles. The van der Waals surface area contributed by atoms with E-state index in [1.54, 1.807) is 0 Å². The molecule has 9 heavy (non-hydrogen) atoms. The van der Waals surface area contributed by atoms with Crippen molar-refractivity contribution < 1.29 is 45.0 Å². The molecule has 7 heteroatoms. The van der Waals surface area contributed by atoms with Gasteiger partial charge in [-0.1, -0.05) is 0 Å². The fourth-order valence-electron chi connectivity index (χ4n) is 0. The summed E-state index contributed by atoms with van der Waals surface area (Å²) in [6.45, 7) is 0. The number of carboxylic acid groups (broad SMARTS) is 1. The number of rotatable bonds is 0. The second kappa shape index (κ2) is 4.58. The zero-order valence-electron chi connectivity index (χ0n) is 3.81. The molecule has 0 aromatic rings. The Bertz CT molecular complexity index is 89.5. The van der Waals surface area contributed by atoms with Crippen molar-refractivity contribution in [2.75, 3.05) is 0 Å². The van der Waals surface area contributed by atoms with E-state index in [4.69, 9.17) is 9.90 Å². The number of alkyl halides is 3. The molecule has 0 aromatic carbocycles. The smallest absolute Gasteiger partial charge is 0.475 e. The summed E-state index contributed by atoms with van der Waals surface area (Å²) in [5.74, 6) is -2.76. The summed E-state index contributed by atoms with van der Waals surface area (Å²) in [7, 11) is 0. The van der Waals surface area contributed by atoms with E-state index < -0.39 is 12.1 Å². The SMILES string of the molecule is O.O=C(O)C(F)(F)F.[Ni]. The fraction of sp³-hybridized carbons (Fsp3) is 0.500. The topological polar surface area (TPSA) is 68.8 Å². The zero-order valence-corrected chi connectivity index (χ0v) is 4.79. The summed E-state index contributed by atoms with van der Waals surface area (Å²) in [6, 6.07) is 0. The van der Waals surface area contributed by atoms with Crippen molar-refractivity contribution in [1.82, 2.24) is 0 Å². The first kappa shape index (κ1) is 15.9. The van der Waals surface area contributed by atoms with Crippen LogP contribution in [0.1, 0.15) is 0 Å². The van der Waals surface area contributed by atoms with Crippen molar-refractivity contribution in [3.05, 3.63) is 0 Å². The summed E-state index contributed by atoms with van der Waals surface area (Å²) in [6.07, 6.45) is -5.08. The summed E-state index contributed by atoms with van der Waals surface area (Å²) < 4.78 is 31.7. The first-order chi connectivity index (χ1) is 2.94. The average Bonchev–Trinajstić information content (AvgIpc) is 1.31. The van der Waals surface area contributed by atoms with Gasteiger partial charge in [-0.05, 0) is 0 Å². The molecule has 0 aliphatic heterocycles. The molecule has 0 spiro atoms. The van der Waals surface area contributed by atoms with Crippen molar-refractivity contribution >= 4 is 5.97 Å². The number of hydrogen-bond donors (Lipinski definition) is 1. The minimum Gasteiger partial charge on any atom is -0.475 e. The van der Waals surface area contributed by atoms with Crippen molar-refractivity contribution in [2.45, 2.75) is 6.18 Å². The Balaban J connectivity index is -0.000000180. The van der Waals surface area contributed by atoms with Crippen LogP contribution in [0.15, 0.2) is 0 Å². The zero-order chi connectivity index (χ0) is 6.08. The second-order valence-electron chi connectivity index (χ2n) is 0.803. The summed E-state index contributed by atoms with van der Waals surface area (Å²) in [4.78, 5) is 8.90. The van der Waals surface area contributed by atoms with Crippen LogP contribution >= 0.6 is 0 Å². The van der Waals surface area contributed by atoms with E-state index in [-0.39, 0.29) is 22.0 Å². The van der Waals surface area contributed by atoms with Gasteiger partial charge < -0.3 is 10.6 Å². The minimum absolute atomic E-state index is 0. The molecule has 0 rings (SSSR count). The first-order valence-corrected chi connectivity index (χ1v) is 1.24. The van der Waals surface area contributed by atoms with Gasteiger partial charge >= 0.3 is 12.1 Å². The standard InChI is InChI=1S/C2HF3O2.Ni.H2O/c3-2(4,5)1(6)7;;/h(H,6,7);;1H2. The van der Waals surface area contributed by atoms with Crippen molar-refractivity contribution in [3.8, 4) is 0 Å². The van der Waals surface area contributed by atoms with Gasteiger partial charge in [-0.25, -0.2) is 4.79 Å². The number of carboxylic acids is 1. The third kappa shape index (κ3) is 7.71. The van der Waals surface area contributed by atoms with Gasteiger partial charge in [-0.2, -0.15) is 13.2 Å². The average molecular weight is 191 g/mol. The van der Waals surface area contributed by atoms with Gasteiger partial charge in [0.15, 0.2) is 0 Å². The molecule has 3 nitrogen and oxygen atoms in total. The minimum atomic E-state index is -5.08. The van der Waals surface area contributed by atoms with Crippen LogP contribution in [0.25, 0.3) is 0 Å². The van der Waals surface area contributed by atoms with Crippen molar-refractivity contribution in [2.24, 2.45) is 0 Å². The number of carbonyl (C=O) groups is 1. The Labute approximate surface area is 58.1 Å². The predicted molar refractivity (Wildman–Crippen MR) is 17.3 cm³/mol. The largest absolute Gasteiger partial charge is 0.490 e. The van der Waals surface area contributed by atoms with Gasteiger partial charge in [0.1, 0.15) is 0 Å². The van der Waals surface area contributed by atoms with Gasteiger partial charge in [0.25, 0.3) is 0 Å². The van der Waals surface area contributed by atoms with E-state index in [9.17, 15) is 13.2 Å².